The lowest BCUT2D eigenvalue weighted by Crippen LogP contribution is -2.32. The van der Waals surface area contributed by atoms with Gasteiger partial charge in [-0.1, -0.05) is 30.7 Å². The number of hydrogen-bond donors (Lipinski definition) is 1. The largest absolute Gasteiger partial charge is 0.329 e. The van der Waals surface area contributed by atoms with Crippen molar-refractivity contribution in [3.8, 4) is 0 Å². The number of benzene rings is 1. The molecule has 1 aliphatic carbocycles. The van der Waals surface area contributed by atoms with Gasteiger partial charge in [-0.3, -0.25) is 4.90 Å². The lowest BCUT2D eigenvalue weighted by atomic mass is 10.1. The van der Waals surface area contributed by atoms with Gasteiger partial charge in [-0.25, -0.2) is 0 Å². The molecule has 3 atom stereocenters. The minimum Gasteiger partial charge on any atom is -0.329 e. The molecule has 17 heavy (non-hydrogen) atoms. The molecule has 1 aromatic rings. The predicted octanol–water partition coefficient (Wildman–Crippen LogP) is 2.93. The van der Waals surface area contributed by atoms with Crippen molar-refractivity contribution in [2.75, 3.05) is 20.1 Å². The molecular weight excluding hydrogens is 232 g/mol. The lowest BCUT2D eigenvalue weighted by Gasteiger charge is -2.27. The molecule has 0 spiro atoms. The van der Waals surface area contributed by atoms with E-state index in [1.807, 2.05) is 18.2 Å². The molecule has 1 aliphatic rings. The van der Waals surface area contributed by atoms with E-state index in [4.69, 9.17) is 17.3 Å². The molecular formula is C14H21ClN2. The van der Waals surface area contributed by atoms with Gasteiger partial charge in [-0.05, 0) is 43.0 Å². The van der Waals surface area contributed by atoms with Gasteiger partial charge in [0.25, 0.3) is 0 Å². The van der Waals surface area contributed by atoms with E-state index < -0.39 is 0 Å². The standard InChI is InChI=1S/C14H21ClN2/c1-10-6-12(10)9-17(2)14(8-16)11-4-3-5-13(15)7-11/h3-5,7,10,12,14H,6,8-9,16H2,1-2H3. The third-order valence-electron chi connectivity index (χ3n) is 3.79. The van der Waals surface area contributed by atoms with Crippen LogP contribution in [-0.4, -0.2) is 25.0 Å². The molecule has 1 aromatic carbocycles. The maximum absolute atomic E-state index is 6.03. The maximum atomic E-state index is 6.03. The topological polar surface area (TPSA) is 29.3 Å². The van der Waals surface area contributed by atoms with E-state index in [9.17, 15) is 0 Å². The smallest absolute Gasteiger partial charge is 0.0468 e. The second kappa shape index (κ2) is 5.38. The van der Waals surface area contributed by atoms with Gasteiger partial charge in [0, 0.05) is 24.2 Å². The summed E-state index contributed by atoms with van der Waals surface area (Å²) in [6, 6.07) is 8.30. The minimum absolute atomic E-state index is 0.279. The van der Waals surface area contributed by atoms with E-state index in [-0.39, 0.29) is 6.04 Å². The lowest BCUT2D eigenvalue weighted by molar-refractivity contribution is 0.237. The average molecular weight is 253 g/mol. The third-order valence-corrected chi connectivity index (χ3v) is 4.02. The van der Waals surface area contributed by atoms with Gasteiger partial charge in [-0.2, -0.15) is 0 Å². The maximum Gasteiger partial charge on any atom is 0.0468 e. The van der Waals surface area contributed by atoms with Crippen LogP contribution in [-0.2, 0) is 0 Å². The first-order valence-corrected chi connectivity index (χ1v) is 6.65. The Morgan fingerprint density at radius 2 is 2.24 bits per heavy atom. The summed E-state index contributed by atoms with van der Waals surface area (Å²) in [5, 5.41) is 0.786. The normalized spacial score (nSPS) is 25.0. The highest BCUT2D eigenvalue weighted by molar-refractivity contribution is 6.30. The second-order valence-corrected chi connectivity index (χ2v) is 5.66. The van der Waals surface area contributed by atoms with Crippen LogP contribution in [0.15, 0.2) is 24.3 Å². The van der Waals surface area contributed by atoms with Crippen molar-refractivity contribution >= 4 is 11.6 Å². The molecule has 0 aromatic heterocycles. The highest BCUT2D eigenvalue weighted by Gasteiger charge is 2.34. The van der Waals surface area contributed by atoms with Crippen molar-refractivity contribution in [2.45, 2.75) is 19.4 Å². The van der Waals surface area contributed by atoms with E-state index >= 15 is 0 Å². The molecule has 0 aliphatic heterocycles. The zero-order valence-corrected chi connectivity index (χ0v) is 11.3. The molecule has 2 nitrogen and oxygen atoms in total. The SMILES string of the molecule is CC1CC1CN(C)C(CN)c1cccc(Cl)c1. The fourth-order valence-electron chi connectivity index (χ4n) is 2.43. The Labute approximate surface area is 109 Å². The zero-order valence-electron chi connectivity index (χ0n) is 10.6. The van der Waals surface area contributed by atoms with Crippen LogP contribution in [0.25, 0.3) is 0 Å². The highest BCUT2D eigenvalue weighted by atomic mass is 35.5. The van der Waals surface area contributed by atoms with Crippen molar-refractivity contribution in [2.24, 2.45) is 17.6 Å². The van der Waals surface area contributed by atoms with Crippen LogP contribution >= 0.6 is 11.6 Å². The number of halogens is 1. The van der Waals surface area contributed by atoms with Crippen LogP contribution < -0.4 is 5.73 Å². The first-order chi connectivity index (χ1) is 8.11. The molecule has 0 radical (unpaired) electrons. The number of likely N-dealkylation sites (N-methyl/N-ethyl adjacent to an activating group) is 1. The fraction of sp³-hybridized carbons (Fsp3) is 0.571. The van der Waals surface area contributed by atoms with E-state index in [2.05, 4.69) is 24.9 Å². The van der Waals surface area contributed by atoms with Gasteiger partial charge >= 0.3 is 0 Å². The Morgan fingerprint density at radius 1 is 1.53 bits per heavy atom. The van der Waals surface area contributed by atoms with Crippen LogP contribution in [0.4, 0.5) is 0 Å². The van der Waals surface area contributed by atoms with Crippen LogP contribution in [0.3, 0.4) is 0 Å². The molecule has 2 rings (SSSR count). The second-order valence-electron chi connectivity index (χ2n) is 5.22. The van der Waals surface area contributed by atoms with Gasteiger partial charge in [0.1, 0.15) is 0 Å². The van der Waals surface area contributed by atoms with Crippen LogP contribution in [0.1, 0.15) is 24.9 Å². The third kappa shape index (κ3) is 3.21. The Bertz CT molecular complexity index is 380. The summed E-state index contributed by atoms with van der Waals surface area (Å²) in [7, 11) is 2.16. The van der Waals surface area contributed by atoms with Crippen LogP contribution in [0.5, 0.6) is 0 Å². The van der Waals surface area contributed by atoms with Crippen LogP contribution in [0.2, 0.25) is 5.02 Å². The first kappa shape index (κ1) is 12.9. The Balaban J connectivity index is 2.04. The summed E-state index contributed by atoms with van der Waals surface area (Å²) in [5.41, 5.74) is 7.12. The Morgan fingerprint density at radius 3 is 2.76 bits per heavy atom. The Hall–Kier alpha value is -0.570. The van der Waals surface area contributed by atoms with Gasteiger partial charge in [0.15, 0.2) is 0 Å². The molecule has 0 amide bonds. The highest BCUT2D eigenvalue weighted by Crippen LogP contribution is 2.39. The quantitative estimate of drug-likeness (QED) is 0.873. The number of nitrogens with zero attached hydrogens (tertiary/aromatic N) is 1. The molecule has 1 fully saturated rings. The predicted molar refractivity (Wildman–Crippen MR) is 73.1 cm³/mol. The molecule has 3 heteroatoms. The van der Waals surface area contributed by atoms with E-state index in [1.165, 1.54) is 12.0 Å². The average Bonchev–Trinajstić information content (AvgIpc) is 2.95. The molecule has 0 saturated heterocycles. The van der Waals surface area contributed by atoms with Gasteiger partial charge in [0.2, 0.25) is 0 Å². The minimum atomic E-state index is 0.279. The number of nitrogens with two attached hydrogens (primary N) is 1. The van der Waals surface area contributed by atoms with Crippen molar-refractivity contribution in [1.29, 1.82) is 0 Å². The van der Waals surface area contributed by atoms with Gasteiger partial charge in [-0.15, -0.1) is 0 Å². The van der Waals surface area contributed by atoms with Crippen molar-refractivity contribution in [3.05, 3.63) is 34.9 Å². The number of hydrogen-bond acceptors (Lipinski definition) is 2. The molecule has 2 N–H and O–H groups in total. The molecule has 0 bridgehead atoms. The monoisotopic (exact) mass is 252 g/mol. The van der Waals surface area contributed by atoms with Crippen molar-refractivity contribution < 1.29 is 0 Å². The van der Waals surface area contributed by atoms with E-state index in [0.29, 0.717) is 6.54 Å². The van der Waals surface area contributed by atoms with Crippen LogP contribution in [0, 0.1) is 11.8 Å². The van der Waals surface area contributed by atoms with Crippen molar-refractivity contribution in [3.63, 3.8) is 0 Å². The molecule has 1 saturated carbocycles. The zero-order chi connectivity index (χ0) is 12.4. The van der Waals surface area contributed by atoms with Crippen molar-refractivity contribution in [1.82, 2.24) is 4.90 Å². The molecule has 3 unspecified atom stereocenters. The summed E-state index contributed by atoms with van der Waals surface area (Å²) in [6.07, 6.45) is 1.36. The summed E-state index contributed by atoms with van der Waals surface area (Å²) in [4.78, 5) is 2.36. The summed E-state index contributed by atoms with van der Waals surface area (Å²) in [5.74, 6) is 1.74. The van der Waals surface area contributed by atoms with E-state index in [0.717, 1.165) is 23.4 Å². The molecule has 0 heterocycles. The van der Waals surface area contributed by atoms with Gasteiger partial charge < -0.3 is 5.73 Å². The summed E-state index contributed by atoms with van der Waals surface area (Å²) in [6.45, 7) is 4.09. The number of rotatable bonds is 5. The summed E-state index contributed by atoms with van der Waals surface area (Å²) >= 11 is 6.03. The van der Waals surface area contributed by atoms with Gasteiger partial charge in [0.05, 0.1) is 0 Å². The Kier molecular flexibility index (Phi) is 4.08. The fourth-order valence-corrected chi connectivity index (χ4v) is 2.63. The summed E-state index contributed by atoms with van der Waals surface area (Å²) < 4.78 is 0. The molecule has 94 valence electrons. The first-order valence-electron chi connectivity index (χ1n) is 6.27. The van der Waals surface area contributed by atoms with E-state index in [1.54, 1.807) is 0 Å².